The van der Waals surface area contributed by atoms with Crippen molar-refractivity contribution in [1.29, 1.82) is 0 Å². The summed E-state index contributed by atoms with van der Waals surface area (Å²) in [6, 6.07) is 4.34. The molecule has 1 saturated carbocycles. The molecule has 0 radical (unpaired) electrons. The number of pyridine rings is 1. The number of rotatable bonds is 5. The van der Waals surface area contributed by atoms with Crippen LogP contribution in [0.2, 0.25) is 0 Å². The minimum atomic E-state index is 0.292. The van der Waals surface area contributed by atoms with Gasteiger partial charge in [-0.15, -0.1) is 0 Å². The van der Waals surface area contributed by atoms with Crippen molar-refractivity contribution in [3.8, 4) is 0 Å². The van der Waals surface area contributed by atoms with E-state index in [1.165, 1.54) is 31.2 Å². The highest BCUT2D eigenvalue weighted by atomic mass is 16.5. The minimum absolute atomic E-state index is 0.292. The Hall–Kier alpha value is -0.930. The molecule has 1 aliphatic carbocycles. The van der Waals surface area contributed by atoms with E-state index in [4.69, 9.17) is 4.74 Å². The van der Waals surface area contributed by atoms with Crippen LogP contribution in [0.1, 0.15) is 45.1 Å². The molecule has 0 bridgehead atoms. The van der Waals surface area contributed by atoms with Gasteiger partial charge in [-0.1, -0.05) is 19.9 Å². The average Bonchev–Trinajstić information content (AvgIpc) is 2.47. The van der Waals surface area contributed by atoms with Crippen molar-refractivity contribution in [3.63, 3.8) is 0 Å². The molecule has 1 saturated heterocycles. The van der Waals surface area contributed by atoms with Crippen LogP contribution in [-0.4, -0.2) is 31.3 Å². The molecule has 2 fully saturated rings. The van der Waals surface area contributed by atoms with Crippen LogP contribution in [0.3, 0.4) is 0 Å². The molecule has 2 aliphatic rings. The van der Waals surface area contributed by atoms with Crippen molar-refractivity contribution in [3.05, 3.63) is 30.1 Å². The largest absolute Gasteiger partial charge is 0.381 e. The summed E-state index contributed by atoms with van der Waals surface area (Å²) in [6.45, 7) is 8.61. The Morgan fingerprint density at radius 2 is 2.05 bits per heavy atom. The molecule has 0 aromatic carbocycles. The van der Waals surface area contributed by atoms with Crippen LogP contribution in [0.15, 0.2) is 24.5 Å². The first-order chi connectivity index (χ1) is 10.1. The van der Waals surface area contributed by atoms with E-state index in [1.54, 1.807) is 0 Å². The van der Waals surface area contributed by atoms with Gasteiger partial charge in [0.15, 0.2) is 0 Å². The summed E-state index contributed by atoms with van der Waals surface area (Å²) in [5.41, 5.74) is 2.24. The molecule has 0 amide bonds. The van der Waals surface area contributed by atoms with E-state index < -0.39 is 0 Å². The number of nitrogens with one attached hydrogen (secondary N) is 1. The molecule has 1 aromatic heterocycles. The van der Waals surface area contributed by atoms with E-state index in [0.29, 0.717) is 16.7 Å². The topological polar surface area (TPSA) is 34.2 Å². The smallest absolute Gasteiger partial charge is 0.0471 e. The molecule has 1 N–H and O–H groups in total. The molecular formula is C18H28N2O. The molecule has 3 nitrogen and oxygen atoms in total. The Labute approximate surface area is 128 Å². The monoisotopic (exact) mass is 288 g/mol. The number of hydrogen-bond donors (Lipinski definition) is 1. The lowest BCUT2D eigenvalue weighted by Gasteiger charge is -2.58. The van der Waals surface area contributed by atoms with Gasteiger partial charge >= 0.3 is 0 Å². The molecule has 21 heavy (non-hydrogen) atoms. The quantitative estimate of drug-likeness (QED) is 0.903. The number of hydrogen-bond acceptors (Lipinski definition) is 3. The molecule has 1 aromatic rings. The molecule has 1 aliphatic heterocycles. The standard InChI is InChI=1S/C18H28N2O/c1-15(2)10-20-14-18(16-4-3-7-19-11-16)12-17(13-18)5-8-21-9-6-17/h3-4,7,11,15,20H,5-6,8-10,12-14H2,1-2H3. The van der Waals surface area contributed by atoms with Crippen molar-refractivity contribution in [2.75, 3.05) is 26.3 Å². The van der Waals surface area contributed by atoms with Gasteiger partial charge in [-0.05, 0) is 55.2 Å². The fourth-order valence-corrected chi connectivity index (χ4v) is 4.25. The first-order valence-electron chi connectivity index (χ1n) is 8.33. The molecule has 0 unspecified atom stereocenters. The van der Waals surface area contributed by atoms with Gasteiger partial charge in [0.05, 0.1) is 0 Å². The van der Waals surface area contributed by atoms with Crippen LogP contribution in [0.4, 0.5) is 0 Å². The lowest BCUT2D eigenvalue weighted by Crippen LogP contribution is -2.56. The van der Waals surface area contributed by atoms with Gasteiger partial charge in [-0.25, -0.2) is 0 Å². The van der Waals surface area contributed by atoms with Gasteiger partial charge in [0, 0.05) is 37.6 Å². The molecular weight excluding hydrogens is 260 g/mol. The Kier molecular flexibility index (Phi) is 4.32. The second-order valence-corrected chi connectivity index (χ2v) is 7.51. The van der Waals surface area contributed by atoms with Crippen molar-refractivity contribution < 1.29 is 4.74 Å². The predicted molar refractivity (Wildman–Crippen MR) is 85.3 cm³/mol. The summed E-state index contributed by atoms with van der Waals surface area (Å²) < 4.78 is 5.56. The summed E-state index contributed by atoms with van der Waals surface area (Å²) in [4.78, 5) is 4.36. The van der Waals surface area contributed by atoms with Crippen molar-refractivity contribution in [1.82, 2.24) is 10.3 Å². The van der Waals surface area contributed by atoms with Gasteiger partial charge in [0.25, 0.3) is 0 Å². The molecule has 2 heterocycles. The Morgan fingerprint density at radius 1 is 1.29 bits per heavy atom. The van der Waals surface area contributed by atoms with E-state index in [-0.39, 0.29) is 0 Å². The van der Waals surface area contributed by atoms with Crippen LogP contribution in [-0.2, 0) is 10.2 Å². The van der Waals surface area contributed by atoms with Gasteiger partial charge < -0.3 is 10.1 Å². The fraction of sp³-hybridized carbons (Fsp3) is 0.722. The van der Waals surface area contributed by atoms with Crippen LogP contribution in [0.25, 0.3) is 0 Å². The maximum absolute atomic E-state index is 5.56. The first-order valence-corrected chi connectivity index (χ1v) is 8.33. The highest BCUT2D eigenvalue weighted by Gasteiger charge is 2.55. The van der Waals surface area contributed by atoms with E-state index >= 15 is 0 Å². The average molecular weight is 288 g/mol. The third kappa shape index (κ3) is 3.14. The number of nitrogens with zero attached hydrogens (tertiary/aromatic N) is 1. The van der Waals surface area contributed by atoms with Gasteiger partial charge in [0.1, 0.15) is 0 Å². The summed E-state index contributed by atoms with van der Waals surface area (Å²) >= 11 is 0. The van der Waals surface area contributed by atoms with Crippen molar-refractivity contribution in [2.24, 2.45) is 11.3 Å². The van der Waals surface area contributed by atoms with Gasteiger partial charge in [-0.2, -0.15) is 0 Å². The zero-order valence-corrected chi connectivity index (χ0v) is 13.4. The predicted octanol–water partition coefficient (Wildman–Crippen LogP) is 3.16. The second-order valence-electron chi connectivity index (χ2n) is 7.51. The van der Waals surface area contributed by atoms with E-state index in [2.05, 4.69) is 42.5 Å². The number of ether oxygens (including phenoxy) is 1. The fourth-order valence-electron chi connectivity index (χ4n) is 4.25. The third-order valence-electron chi connectivity index (χ3n) is 5.27. The molecule has 3 heteroatoms. The lowest BCUT2D eigenvalue weighted by molar-refractivity contribution is -0.0738. The zero-order valence-electron chi connectivity index (χ0n) is 13.4. The molecule has 0 atom stereocenters. The third-order valence-corrected chi connectivity index (χ3v) is 5.27. The summed E-state index contributed by atoms with van der Waals surface area (Å²) in [7, 11) is 0. The summed E-state index contributed by atoms with van der Waals surface area (Å²) in [6.07, 6.45) is 9.00. The highest BCUT2D eigenvalue weighted by molar-refractivity contribution is 5.29. The minimum Gasteiger partial charge on any atom is -0.381 e. The van der Waals surface area contributed by atoms with E-state index in [9.17, 15) is 0 Å². The first kappa shape index (κ1) is 15.0. The van der Waals surface area contributed by atoms with Crippen LogP contribution < -0.4 is 5.32 Å². The zero-order chi connectivity index (χ0) is 14.8. The second kappa shape index (κ2) is 6.05. The van der Waals surface area contributed by atoms with Crippen LogP contribution in [0.5, 0.6) is 0 Å². The van der Waals surface area contributed by atoms with Crippen LogP contribution >= 0.6 is 0 Å². The van der Waals surface area contributed by atoms with Crippen LogP contribution in [0, 0.1) is 11.3 Å². The molecule has 1 spiro atoms. The maximum Gasteiger partial charge on any atom is 0.0471 e. The van der Waals surface area contributed by atoms with Gasteiger partial charge in [0.2, 0.25) is 0 Å². The number of aromatic nitrogens is 1. The van der Waals surface area contributed by atoms with E-state index in [0.717, 1.165) is 26.3 Å². The Bertz CT molecular complexity index is 444. The SMILES string of the molecule is CC(C)CNCC1(c2cccnc2)CC2(CCOCC2)C1. The summed E-state index contributed by atoms with van der Waals surface area (Å²) in [5, 5.41) is 3.69. The Balaban J connectivity index is 1.71. The van der Waals surface area contributed by atoms with Crippen molar-refractivity contribution in [2.45, 2.75) is 44.9 Å². The lowest BCUT2D eigenvalue weighted by atomic mass is 9.48. The van der Waals surface area contributed by atoms with Crippen molar-refractivity contribution >= 4 is 0 Å². The van der Waals surface area contributed by atoms with E-state index in [1.807, 2.05) is 6.20 Å². The highest BCUT2D eigenvalue weighted by Crippen LogP contribution is 2.59. The maximum atomic E-state index is 5.56. The summed E-state index contributed by atoms with van der Waals surface area (Å²) in [5.74, 6) is 0.702. The molecule has 3 rings (SSSR count). The molecule has 116 valence electrons. The Morgan fingerprint density at radius 3 is 2.67 bits per heavy atom. The van der Waals surface area contributed by atoms with Gasteiger partial charge in [-0.3, -0.25) is 4.98 Å². The normalized spacial score (nSPS) is 23.2.